The summed E-state index contributed by atoms with van der Waals surface area (Å²) in [5.74, 6) is 6.79. The molecule has 0 radical (unpaired) electrons. The molecule has 0 aliphatic rings. The van der Waals surface area contributed by atoms with Crippen molar-refractivity contribution in [3.63, 3.8) is 0 Å². The summed E-state index contributed by atoms with van der Waals surface area (Å²) < 4.78 is 1.35. The maximum Gasteiger partial charge on any atom is 0.0349 e. The van der Waals surface area contributed by atoms with Gasteiger partial charge in [0.15, 0.2) is 0 Å². The zero-order valence-corrected chi connectivity index (χ0v) is 25.2. The summed E-state index contributed by atoms with van der Waals surface area (Å²) in [5.41, 5.74) is 3.58. The van der Waals surface area contributed by atoms with Crippen molar-refractivity contribution >= 4 is 53.7 Å². The van der Waals surface area contributed by atoms with Crippen molar-refractivity contribution < 1.29 is 0 Å². The highest BCUT2D eigenvalue weighted by Gasteiger charge is 2.07. The molecule has 0 unspecified atom stereocenters. The van der Waals surface area contributed by atoms with Gasteiger partial charge in [-0.3, -0.25) is 0 Å². The third-order valence-electron chi connectivity index (χ3n) is 8.53. The number of hydrogen-bond donors (Lipinski definition) is 0. The maximum absolute atomic E-state index is 3.41. The summed E-state index contributed by atoms with van der Waals surface area (Å²) in [6, 6.07) is 31.5. The van der Waals surface area contributed by atoms with Crippen molar-refractivity contribution in [3.8, 4) is 11.8 Å². The molecule has 0 spiro atoms. The predicted octanol–water partition coefficient (Wildman–Crippen LogP) is 12.2. The Morgan fingerprint density at radius 1 is 0.488 bits per heavy atom. The van der Waals surface area contributed by atoms with E-state index in [0.717, 1.165) is 11.1 Å². The summed E-state index contributed by atoms with van der Waals surface area (Å²) in [6.07, 6.45) is 15.0. The van der Waals surface area contributed by atoms with Gasteiger partial charge in [0.05, 0.1) is 0 Å². The molecule has 1 heteroatoms. The molecular formula is C40H40S. The van der Waals surface area contributed by atoms with E-state index in [9.17, 15) is 0 Å². The minimum atomic E-state index is 1.06. The summed E-state index contributed by atoms with van der Waals surface area (Å²) in [6.45, 7) is 2.29. The molecule has 0 bridgehead atoms. The largest absolute Gasteiger partial charge is 0.144 e. The minimum absolute atomic E-state index is 1.06. The number of hydrogen-bond acceptors (Lipinski definition) is 1. The molecule has 0 aliphatic heterocycles. The van der Waals surface area contributed by atoms with E-state index in [1.807, 2.05) is 11.3 Å². The molecule has 0 N–H and O–H groups in total. The Hall–Kier alpha value is -3.60. The molecule has 41 heavy (non-hydrogen) atoms. The molecule has 0 atom stereocenters. The lowest BCUT2D eigenvalue weighted by Crippen LogP contribution is -1.87. The Morgan fingerprint density at radius 2 is 1.15 bits per heavy atom. The van der Waals surface area contributed by atoms with E-state index in [-0.39, 0.29) is 0 Å². The molecule has 0 nitrogen and oxygen atoms in total. The fourth-order valence-corrected chi connectivity index (χ4v) is 6.94. The van der Waals surface area contributed by atoms with E-state index >= 15 is 0 Å². The highest BCUT2D eigenvalue weighted by atomic mass is 32.1. The quantitative estimate of drug-likeness (QED) is 0.0649. The van der Waals surface area contributed by atoms with Gasteiger partial charge in [-0.25, -0.2) is 0 Å². The Balaban J connectivity index is 1.07. The van der Waals surface area contributed by atoms with Crippen molar-refractivity contribution in [3.05, 3.63) is 107 Å². The Bertz CT molecular complexity index is 1820. The number of benzene rings is 5. The first kappa shape index (κ1) is 27.6. The zero-order chi connectivity index (χ0) is 27.9. The van der Waals surface area contributed by atoms with E-state index in [1.54, 1.807) is 0 Å². The molecule has 6 aromatic rings. The van der Waals surface area contributed by atoms with Crippen LogP contribution < -0.4 is 0 Å². The highest BCUT2D eigenvalue weighted by molar-refractivity contribution is 7.17. The van der Waals surface area contributed by atoms with Gasteiger partial charge in [-0.05, 0) is 105 Å². The van der Waals surface area contributed by atoms with Crippen LogP contribution >= 0.6 is 11.3 Å². The van der Waals surface area contributed by atoms with Gasteiger partial charge in [-0.1, -0.05) is 113 Å². The van der Waals surface area contributed by atoms with Crippen molar-refractivity contribution in [1.29, 1.82) is 0 Å². The molecule has 0 amide bonds. The molecule has 0 aliphatic carbocycles. The van der Waals surface area contributed by atoms with Gasteiger partial charge < -0.3 is 0 Å². The summed E-state index contributed by atoms with van der Waals surface area (Å²) >= 11 is 1.81. The third-order valence-corrected chi connectivity index (χ3v) is 9.41. The SMILES string of the molecule is CCCCCCCCCCCCc1ccc(C#Cc2ccc3cc4c(ccc5c6ccsc6ccc45)cc3c2)cc1. The molecule has 0 saturated heterocycles. The highest BCUT2D eigenvalue weighted by Crippen LogP contribution is 2.35. The first-order valence-electron chi connectivity index (χ1n) is 15.7. The topological polar surface area (TPSA) is 0 Å². The minimum Gasteiger partial charge on any atom is -0.144 e. The Kier molecular flexibility index (Phi) is 8.99. The van der Waals surface area contributed by atoms with Crippen molar-refractivity contribution in [1.82, 2.24) is 0 Å². The van der Waals surface area contributed by atoms with Gasteiger partial charge >= 0.3 is 0 Å². The molecule has 0 saturated carbocycles. The van der Waals surface area contributed by atoms with E-state index < -0.39 is 0 Å². The van der Waals surface area contributed by atoms with E-state index in [1.165, 1.54) is 119 Å². The van der Waals surface area contributed by atoms with E-state index in [4.69, 9.17) is 0 Å². The average Bonchev–Trinajstić information content (AvgIpc) is 3.50. The van der Waals surface area contributed by atoms with Crippen LogP contribution in [0.25, 0.3) is 42.4 Å². The van der Waals surface area contributed by atoms with Crippen LogP contribution in [-0.4, -0.2) is 0 Å². The summed E-state index contributed by atoms with van der Waals surface area (Å²) in [4.78, 5) is 0. The van der Waals surface area contributed by atoms with E-state index in [0.29, 0.717) is 0 Å². The molecule has 206 valence electrons. The van der Waals surface area contributed by atoms with Crippen molar-refractivity contribution in [2.75, 3.05) is 0 Å². The lowest BCUT2D eigenvalue weighted by molar-refractivity contribution is 0.556. The third kappa shape index (κ3) is 6.66. The second kappa shape index (κ2) is 13.4. The first-order chi connectivity index (χ1) is 20.3. The van der Waals surface area contributed by atoms with Crippen LogP contribution in [-0.2, 0) is 6.42 Å². The molecule has 1 aromatic heterocycles. The fraction of sp³-hybridized carbons (Fsp3) is 0.300. The van der Waals surface area contributed by atoms with Crippen LogP contribution in [0.1, 0.15) is 87.8 Å². The van der Waals surface area contributed by atoms with Crippen LogP contribution in [0.4, 0.5) is 0 Å². The van der Waals surface area contributed by atoms with Crippen LogP contribution in [0.15, 0.2) is 90.3 Å². The molecule has 5 aromatic carbocycles. The van der Waals surface area contributed by atoms with Crippen molar-refractivity contribution in [2.45, 2.75) is 77.6 Å². The molecule has 6 rings (SSSR count). The Labute approximate surface area is 249 Å². The smallest absolute Gasteiger partial charge is 0.0349 e. The standard InChI is InChI=1S/C40H40S/c1-2-3-4-5-6-7-8-9-10-11-12-30-13-15-31(16-14-30)17-18-32-19-20-33-29-39-34(28-35(33)27-32)21-22-36-37(39)23-24-40-38(36)25-26-41-40/h13-16,19-29H,2-12H2,1H3. The lowest BCUT2D eigenvalue weighted by atomic mass is 9.96. The molecule has 0 fully saturated rings. The van der Waals surface area contributed by atoms with Gasteiger partial charge in [0, 0.05) is 21.2 Å². The summed E-state index contributed by atoms with van der Waals surface area (Å²) in [7, 11) is 0. The van der Waals surface area contributed by atoms with Gasteiger partial charge in [0.1, 0.15) is 0 Å². The van der Waals surface area contributed by atoms with E-state index in [2.05, 4.69) is 109 Å². The van der Waals surface area contributed by atoms with Crippen LogP contribution in [0.5, 0.6) is 0 Å². The number of unbranched alkanes of at least 4 members (excludes halogenated alkanes) is 9. The number of aryl methyl sites for hydroxylation is 1. The summed E-state index contributed by atoms with van der Waals surface area (Å²) in [5, 5.41) is 11.3. The van der Waals surface area contributed by atoms with Gasteiger partial charge in [0.25, 0.3) is 0 Å². The maximum atomic E-state index is 3.41. The predicted molar refractivity (Wildman–Crippen MR) is 182 cm³/mol. The van der Waals surface area contributed by atoms with Crippen molar-refractivity contribution in [2.24, 2.45) is 0 Å². The average molecular weight is 553 g/mol. The number of fused-ring (bicyclic) bond motifs is 6. The second-order valence-electron chi connectivity index (χ2n) is 11.6. The van der Waals surface area contributed by atoms with Crippen LogP contribution in [0, 0.1) is 11.8 Å². The number of thiophene rings is 1. The molecular weight excluding hydrogens is 513 g/mol. The van der Waals surface area contributed by atoms with Gasteiger partial charge in [-0.15, -0.1) is 11.3 Å². The Morgan fingerprint density at radius 3 is 1.95 bits per heavy atom. The molecule has 1 heterocycles. The zero-order valence-electron chi connectivity index (χ0n) is 24.3. The number of rotatable bonds is 11. The van der Waals surface area contributed by atoms with Gasteiger partial charge in [-0.2, -0.15) is 0 Å². The van der Waals surface area contributed by atoms with Gasteiger partial charge in [0.2, 0.25) is 0 Å². The first-order valence-corrected chi connectivity index (χ1v) is 16.5. The van der Waals surface area contributed by atoms with Crippen LogP contribution in [0.3, 0.4) is 0 Å². The monoisotopic (exact) mass is 552 g/mol. The normalized spacial score (nSPS) is 11.4. The second-order valence-corrected chi connectivity index (χ2v) is 12.5. The lowest BCUT2D eigenvalue weighted by Gasteiger charge is -2.08. The van der Waals surface area contributed by atoms with Crippen LogP contribution in [0.2, 0.25) is 0 Å². The fourth-order valence-electron chi connectivity index (χ4n) is 6.13.